The molecule has 0 bridgehead atoms. The second kappa shape index (κ2) is 10.7. The van der Waals surface area contributed by atoms with Gasteiger partial charge in [0.05, 0.1) is 10.9 Å². The molecule has 0 aliphatic heterocycles. The Labute approximate surface area is 179 Å². The first-order valence-electron chi connectivity index (χ1n) is 8.93. The molecule has 6 nitrogen and oxygen atoms in total. The van der Waals surface area contributed by atoms with E-state index in [0.29, 0.717) is 32.2 Å². The monoisotopic (exact) mass is 442 g/mol. The molecule has 0 saturated carbocycles. The van der Waals surface area contributed by atoms with Crippen molar-refractivity contribution in [2.24, 2.45) is 16.5 Å². The van der Waals surface area contributed by atoms with Gasteiger partial charge in [-0.15, -0.1) is 11.3 Å². The number of hydrogen-bond acceptors (Lipinski definition) is 4. The number of carbonyl (C=O) groups is 1. The maximum Gasteiger partial charge on any atom is 0.280 e. The predicted molar refractivity (Wildman–Crippen MR) is 118 cm³/mol. The lowest BCUT2D eigenvalue weighted by atomic mass is 10.0. The van der Waals surface area contributed by atoms with Crippen molar-refractivity contribution in [3.05, 3.63) is 38.5 Å². The molecule has 2 aromatic rings. The van der Waals surface area contributed by atoms with Crippen LogP contribution in [-0.2, 0) is 0 Å². The molecule has 0 aliphatic rings. The first-order valence-corrected chi connectivity index (χ1v) is 10.5. The van der Waals surface area contributed by atoms with Gasteiger partial charge in [0.15, 0.2) is 5.96 Å². The molecule has 2 rings (SSSR count). The Bertz CT molecular complexity index is 846. The van der Waals surface area contributed by atoms with Crippen LogP contribution in [0.4, 0.5) is 0 Å². The Balaban J connectivity index is 2.26. The van der Waals surface area contributed by atoms with Crippen LogP contribution in [0.2, 0.25) is 8.67 Å². The van der Waals surface area contributed by atoms with E-state index in [2.05, 4.69) is 23.7 Å². The van der Waals surface area contributed by atoms with Crippen molar-refractivity contribution in [3.8, 4) is 16.9 Å². The molecule has 1 amide bonds. The van der Waals surface area contributed by atoms with E-state index in [4.69, 9.17) is 39.4 Å². The van der Waals surface area contributed by atoms with Gasteiger partial charge in [-0.2, -0.15) is 4.99 Å². The Morgan fingerprint density at radius 1 is 1.18 bits per heavy atom. The first-order chi connectivity index (χ1) is 13.3. The number of benzene rings is 1. The quantitative estimate of drug-likeness (QED) is 0.343. The number of thiophene rings is 1. The van der Waals surface area contributed by atoms with Gasteiger partial charge in [0.1, 0.15) is 10.1 Å². The molecule has 1 heterocycles. The largest absolute Gasteiger partial charge is 0.494 e. The number of carbonyl (C=O) groups excluding carboxylic acids is 1. The summed E-state index contributed by atoms with van der Waals surface area (Å²) >= 11 is 13.6. The van der Waals surface area contributed by atoms with E-state index in [0.717, 1.165) is 31.6 Å². The van der Waals surface area contributed by atoms with Crippen LogP contribution in [0.1, 0.15) is 30.6 Å². The van der Waals surface area contributed by atoms with Gasteiger partial charge in [-0.1, -0.05) is 37.0 Å². The highest BCUT2D eigenvalue weighted by molar-refractivity contribution is 7.20. The normalized spacial score (nSPS) is 10.9. The third kappa shape index (κ3) is 6.38. The third-order valence-electron chi connectivity index (χ3n) is 4.13. The Hall–Kier alpha value is -1.80. The number of guanidine groups is 1. The lowest BCUT2D eigenvalue weighted by molar-refractivity contribution is 0.100. The Morgan fingerprint density at radius 2 is 1.89 bits per heavy atom. The van der Waals surface area contributed by atoms with Crippen LogP contribution < -0.4 is 16.2 Å². The van der Waals surface area contributed by atoms with Crippen LogP contribution >= 0.6 is 34.5 Å². The van der Waals surface area contributed by atoms with E-state index in [-0.39, 0.29) is 5.96 Å². The maximum absolute atomic E-state index is 12.3. The van der Waals surface area contributed by atoms with E-state index < -0.39 is 5.91 Å². The van der Waals surface area contributed by atoms with E-state index in [9.17, 15) is 4.79 Å². The fraction of sp³-hybridized carbons (Fsp3) is 0.368. The molecule has 0 atom stereocenters. The zero-order valence-corrected chi connectivity index (χ0v) is 18.2. The molecule has 0 unspecified atom stereocenters. The van der Waals surface area contributed by atoms with E-state index >= 15 is 0 Å². The lowest BCUT2D eigenvalue weighted by Gasteiger charge is -2.18. The van der Waals surface area contributed by atoms with E-state index in [1.54, 1.807) is 18.2 Å². The molecular formula is C19H24Cl2N4O2S. The molecule has 0 aliphatic carbocycles. The van der Waals surface area contributed by atoms with Gasteiger partial charge in [-0.05, 0) is 49.3 Å². The number of nitrogens with zero attached hydrogens (tertiary/aromatic N) is 2. The minimum Gasteiger partial charge on any atom is -0.494 e. The molecule has 9 heteroatoms. The second-order valence-corrected chi connectivity index (χ2v) is 8.34. The van der Waals surface area contributed by atoms with Gasteiger partial charge >= 0.3 is 0 Å². The standard InChI is InChI=1S/C19H24Cl2N4O2S/c1-3-25(4-2)6-5-7-27-14-9-12(15-11-16(20)28-17(15)21)8-13(10-14)18(26)24-19(22)23/h8-11H,3-7H2,1-2H3,(H4,22,23,24,26). The lowest BCUT2D eigenvalue weighted by Crippen LogP contribution is -2.25. The zero-order chi connectivity index (χ0) is 20.7. The number of nitrogens with two attached hydrogens (primary N) is 2. The molecule has 152 valence electrons. The minimum atomic E-state index is -0.549. The zero-order valence-electron chi connectivity index (χ0n) is 15.9. The summed E-state index contributed by atoms with van der Waals surface area (Å²) in [5, 5.41) is 0. The summed E-state index contributed by atoms with van der Waals surface area (Å²) < 4.78 is 6.98. The molecule has 28 heavy (non-hydrogen) atoms. The highest BCUT2D eigenvalue weighted by Gasteiger charge is 2.14. The Morgan fingerprint density at radius 3 is 2.46 bits per heavy atom. The summed E-state index contributed by atoms with van der Waals surface area (Å²) in [6.45, 7) is 7.73. The van der Waals surface area contributed by atoms with Crippen LogP contribution in [0.15, 0.2) is 29.3 Å². The Kier molecular flexibility index (Phi) is 8.57. The molecular weight excluding hydrogens is 419 g/mol. The van der Waals surface area contributed by atoms with Crippen molar-refractivity contribution in [1.29, 1.82) is 0 Å². The van der Waals surface area contributed by atoms with Gasteiger partial charge in [-0.25, -0.2) is 0 Å². The third-order valence-corrected chi connectivity index (χ3v) is 5.62. The van der Waals surface area contributed by atoms with Crippen molar-refractivity contribution in [2.45, 2.75) is 20.3 Å². The van der Waals surface area contributed by atoms with E-state index in [1.165, 1.54) is 11.3 Å². The van der Waals surface area contributed by atoms with Crippen LogP contribution in [0, 0.1) is 0 Å². The second-order valence-electron chi connectivity index (χ2n) is 6.05. The summed E-state index contributed by atoms with van der Waals surface area (Å²) in [5.41, 5.74) is 12.4. The number of ether oxygens (including phenoxy) is 1. The van der Waals surface area contributed by atoms with Gasteiger partial charge < -0.3 is 21.1 Å². The van der Waals surface area contributed by atoms with Crippen LogP contribution in [0.25, 0.3) is 11.1 Å². The molecule has 1 aromatic carbocycles. The molecule has 0 fully saturated rings. The summed E-state index contributed by atoms with van der Waals surface area (Å²) in [6.07, 6.45) is 0.869. The highest BCUT2D eigenvalue weighted by Crippen LogP contribution is 2.39. The highest BCUT2D eigenvalue weighted by atomic mass is 35.5. The summed E-state index contributed by atoms with van der Waals surface area (Å²) in [7, 11) is 0. The number of aliphatic imine (C=N–C) groups is 1. The van der Waals surface area contributed by atoms with Gasteiger partial charge in [0, 0.05) is 17.7 Å². The predicted octanol–water partition coefficient (Wildman–Crippen LogP) is 4.25. The fourth-order valence-electron chi connectivity index (χ4n) is 2.70. The number of hydrogen-bond donors (Lipinski definition) is 2. The van der Waals surface area contributed by atoms with Crippen molar-refractivity contribution in [3.63, 3.8) is 0 Å². The van der Waals surface area contributed by atoms with Crippen molar-refractivity contribution < 1.29 is 9.53 Å². The van der Waals surface area contributed by atoms with Crippen molar-refractivity contribution in [1.82, 2.24) is 4.90 Å². The topological polar surface area (TPSA) is 93.9 Å². The van der Waals surface area contributed by atoms with Crippen LogP contribution in [0.5, 0.6) is 5.75 Å². The summed E-state index contributed by atoms with van der Waals surface area (Å²) in [5.74, 6) is -0.300. The first kappa shape index (κ1) is 22.5. The van der Waals surface area contributed by atoms with Crippen LogP contribution in [-0.4, -0.2) is 43.0 Å². The average molecular weight is 443 g/mol. The average Bonchev–Trinajstić information content (AvgIpc) is 2.99. The minimum absolute atomic E-state index is 0.297. The smallest absolute Gasteiger partial charge is 0.280 e. The number of rotatable bonds is 9. The van der Waals surface area contributed by atoms with E-state index in [1.807, 2.05) is 6.07 Å². The molecule has 1 aromatic heterocycles. The SMILES string of the molecule is CCN(CC)CCCOc1cc(C(=O)N=C(N)N)cc(-c2cc(Cl)sc2Cl)c1. The molecule has 0 radical (unpaired) electrons. The molecule has 4 N–H and O–H groups in total. The number of amides is 1. The van der Waals surface area contributed by atoms with Gasteiger partial charge in [0.25, 0.3) is 5.91 Å². The van der Waals surface area contributed by atoms with Crippen LogP contribution in [0.3, 0.4) is 0 Å². The van der Waals surface area contributed by atoms with Crippen molar-refractivity contribution in [2.75, 3.05) is 26.2 Å². The molecule has 0 spiro atoms. The van der Waals surface area contributed by atoms with Gasteiger partial charge in [-0.3, -0.25) is 4.79 Å². The van der Waals surface area contributed by atoms with Gasteiger partial charge in [0.2, 0.25) is 0 Å². The maximum atomic E-state index is 12.3. The summed E-state index contributed by atoms with van der Waals surface area (Å²) in [6, 6.07) is 6.87. The van der Waals surface area contributed by atoms with Crippen molar-refractivity contribution >= 4 is 46.4 Å². The number of halogens is 2. The fourth-order valence-corrected chi connectivity index (χ4v) is 4.21. The molecule has 0 saturated heterocycles. The summed E-state index contributed by atoms with van der Waals surface area (Å²) in [4.78, 5) is 18.2.